The van der Waals surface area contributed by atoms with Crippen molar-refractivity contribution < 1.29 is 55.4 Å². The lowest BCUT2D eigenvalue weighted by molar-refractivity contribution is -0.212. The van der Waals surface area contributed by atoms with Gasteiger partial charge in [-0.1, -0.05) is 56.3 Å². The van der Waals surface area contributed by atoms with Crippen molar-refractivity contribution in [3.8, 4) is 0 Å². The molecular formula is C32H37F6N7O6. The number of alkyl halides is 6. The molecule has 0 saturated carbocycles. The molecule has 0 bridgehead atoms. The zero-order valence-corrected chi connectivity index (χ0v) is 27.5. The topological polar surface area (TPSA) is 204 Å². The molecular weight excluding hydrogens is 692 g/mol. The second kappa shape index (κ2) is 16.3. The fourth-order valence-corrected chi connectivity index (χ4v) is 4.90. The first-order valence-electron chi connectivity index (χ1n) is 15.6. The van der Waals surface area contributed by atoms with Crippen LogP contribution in [-0.2, 0) is 31.3 Å². The number of aliphatic hydroxyl groups is 1. The number of amides is 5. The minimum Gasteiger partial charge on any atom is -0.382 e. The number of hydrogen-bond donors (Lipinski definition) is 6. The van der Waals surface area contributed by atoms with Gasteiger partial charge in [0.2, 0.25) is 23.6 Å². The molecule has 0 fully saturated rings. The zero-order chi connectivity index (χ0) is 38.3. The Morgan fingerprint density at radius 1 is 0.804 bits per heavy atom. The molecule has 2 aromatic rings. The number of carbonyl (C=O) groups excluding carboxylic acids is 5. The number of primary amides is 1. The highest BCUT2D eigenvalue weighted by atomic mass is 19.4. The maximum Gasteiger partial charge on any atom is 0.442 e. The summed E-state index contributed by atoms with van der Waals surface area (Å²) in [5.41, 5.74) is 2.49. The summed E-state index contributed by atoms with van der Waals surface area (Å²) in [6, 6.07) is 6.46. The van der Waals surface area contributed by atoms with Crippen molar-refractivity contribution in [1.29, 1.82) is 0 Å². The van der Waals surface area contributed by atoms with Gasteiger partial charge in [-0.3, -0.25) is 24.0 Å². The molecule has 0 aromatic heterocycles. The highest BCUT2D eigenvalue weighted by Crippen LogP contribution is 2.52. The summed E-state index contributed by atoms with van der Waals surface area (Å²) in [6.07, 6.45) is -14.3. The van der Waals surface area contributed by atoms with E-state index in [1.54, 1.807) is 44.2 Å². The number of nitrogens with zero attached hydrogens (tertiary/aromatic N) is 2. The Balaban J connectivity index is 1.74. The lowest BCUT2D eigenvalue weighted by Crippen LogP contribution is -2.59. The van der Waals surface area contributed by atoms with Crippen LogP contribution in [0.5, 0.6) is 0 Å². The number of carbonyl (C=O) groups is 5. The second-order valence-electron chi connectivity index (χ2n) is 12.2. The lowest BCUT2D eigenvalue weighted by atomic mass is 9.99. The first-order valence-corrected chi connectivity index (χ1v) is 15.6. The first-order chi connectivity index (χ1) is 23.7. The van der Waals surface area contributed by atoms with Gasteiger partial charge >= 0.3 is 18.0 Å². The molecule has 7 N–H and O–H groups in total. The maximum atomic E-state index is 13.5. The second-order valence-corrected chi connectivity index (χ2v) is 12.2. The third-order valence-electron chi connectivity index (χ3n) is 7.89. The Kier molecular flexibility index (Phi) is 12.9. The summed E-state index contributed by atoms with van der Waals surface area (Å²) in [6.45, 7) is 4.31. The molecule has 0 saturated heterocycles. The fraction of sp³-hybridized carbons (Fsp3) is 0.469. The summed E-state index contributed by atoms with van der Waals surface area (Å²) < 4.78 is 79.7. The molecule has 278 valence electrons. The average Bonchev–Trinajstić information content (AvgIpc) is 3.87. The van der Waals surface area contributed by atoms with Crippen LogP contribution < -0.4 is 27.0 Å². The molecule has 5 unspecified atom stereocenters. The van der Waals surface area contributed by atoms with Gasteiger partial charge in [0.05, 0.1) is 6.04 Å². The summed E-state index contributed by atoms with van der Waals surface area (Å²) in [7, 11) is 0. The molecule has 51 heavy (non-hydrogen) atoms. The zero-order valence-electron chi connectivity index (χ0n) is 27.5. The van der Waals surface area contributed by atoms with Crippen LogP contribution in [0.1, 0.15) is 55.1 Å². The third-order valence-corrected chi connectivity index (χ3v) is 7.89. The lowest BCUT2D eigenvalue weighted by Gasteiger charge is -2.28. The molecule has 1 aliphatic heterocycles. The van der Waals surface area contributed by atoms with E-state index in [0.29, 0.717) is 5.56 Å². The van der Waals surface area contributed by atoms with Crippen LogP contribution in [0.15, 0.2) is 64.8 Å². The van der Waals surface area contributed by atoms with Crippen molar-refractivity contribution in [3.63, 3.8) is 0 Å². The Hall–Kier alpha value is -5.07. The van der Waals surface area contributed by atoms with E-state index < -0.39 is 96.6 Å². The van der Waals surface area contributed by atoms with E-state index in [9.17, 15) is 55.4 Å². The number of rotatable bonds is 16. The van der Waals surface area contributed by atoms with Gasteiger partial charge in [-0.05, 0) is 37.0 Å². The van der Waals surface area contributed by atoms with Gasteiger partial charge in [0.25, 0.3) is 5.91 Å². The van der Waals surface area contributed by atoms with Gasteiger partial charge < -0.3 is 32.1 Å². The summed E-state index contributed by atoms with van der Waals surface area (Å²) >= 11 is 0. The van der Waals surface area contributed by atoms with Crippen molar-refractivity contribution in [2.75, 3.05) is 0 Å². The van der Waals surface area contributed by atoms with E-state index in [-0.39, 0.29) is 17.5 Å². The van der Waals surface area contributed by atoms with E-state index >= 15 is 0 Å². The maximum absolute atomic E-state index is 13.5. The molecule has 1 aliphatic rings. The van der Waals surface area contributed by atoms with Crippen molar-refractivity contribution >= 4 is 29.5 Å². The van der Waals surface area contributed by atoms with Crippen molar-refractivity contribution in [1.82, 2.24) is 21.3 Å². The summed E-state index contributed by atoms with van der Waals surface area (Å²) in [5.74, 6) is -5.28. The van der Waals surface area contributed by atoms with Crippen molar-refractivity contribution in [2.45, 2.75) is 88.3 Å². The van der Waals surface area contributed by atoms with E-state index in [4.69, 9.17) is 5.73 Å². The predicted octanol–water partition coefficient (Wildman–Crippen LogP) is 2.53. The third kappa shape index (κ3) is 10.7. The van der Waals surface area contributed by atoms with Gasteiger partial charge in [0, 0.05) is 24.0 Å². The van der Waals surface area contributed by atoms with Crippen molar-refractivity contribution in [2.24, 2.45) is 21.9 Å². The van der Waals surface area contributed by atoms with Crippen LogP contribution in [0.4, 0.5) is 26.3 Å². The highest BCUT2D eigenvalue weighted by Gasteiger charge is 2.65. The first kappa shape index (κ1) is 40.4. The number of aliphatic hydroxyl groups excluding tert-OH is 1. The Labute approximate surface area is 287 Å². The predicted molar refractivity (Wildman–Crippen MR) is 167 cm³/mol. The van der Waals surface area contributed by atoms with Gasteiger partial charge in [0.15, 0.2) is 6.10 Å². The molecule has 0 aliphatic carbocycles. The standard InChI is InChI=1S/C32H37F6N7O6/c1-16(2)24(43-27(49)19-9-11-20(12-10-19)30(44-45-30)32(36,37)38)29(51)42-22(15-18-7-5-4-6-8-18)28(50)40-17(3)26(48)41-21(13-14-23(39)46)25(47)31(33,34)35/h4-12,16-17,21-22,24-25,47H,13-15H2,1-3H3,(H2,39,46)(H,40,50)(H,41,48)(H,42,51)(H,43,49). The average molecular weight is 730 g/mol. The minimum atomic E-state index is -5.15. The minimum absolute atomic E-state index is 0.0848. The molecule has 1 heterocycles. The van der Waals surface area contributed by atoms with Crippen LogP contribution in [0, 0.1) is 5.92 Å². The number of halogens is 6. The van der Waals surface area contributed by atoms with Gasteiger partial charge in [-0.2, -0.15) is 26.3 Å². The quantitative estimate of drug-likeness (QED) is 0.143. The molecule has 5 amide bonds. The van der Waals surface area contributed by atoms with E-state index in [1.165, 1.54) is 0 Å². The van der Waals surface area contributed by atoms with Crippen LogP contribution in [0.2, 0.25) is 0 Å². The number of benzene rings is 2. The summed E-state index contributed by atoms with van der Waals surface area (Å²) in [4.78, 5) is 64.0. The monoisotopic (exact) mass is 729 g/mol. The van der Waals surface area contributed by atoms with Gasteiger partial charge in [0.1, 0.15) is 18.1 Å². The highest BCUT2D eigenvalue weighted by molar-refractivity contribution is 5.99. The van der Waals surface area contributed by atoms with E-state index in [1.807, 2.05) is 5.32 Å². The van der Waals surface area contributed by atoms with Crippen LogP contribution >= 0.6 is 0 Å². The molecule has 3 rings (SSSR count). The van der Waals surface area contributed by atoms with Crippen LogP contribution in [0.3, 0.4) is 0 Å². The normalized spacial score (nSPS) is 16.6. The number of nitrogens with one attached hydrogen (secondary N) is 4. The van der Waals surface area contributed by atoms with E-state index in [0.717, 1.165) is 31.2 Å². The van der Waals surface area contributed by atoms with Crippen LogP contribution in [0.25, 0.3) is 0 Å². The Morgan fingerprint density at radius 3 is 1.88 bits per heavy atom. The number of hydrogen-bond acceptors (Lipinski definition) is 8. The molecule has 0 spiro atoms. The Morgan fingerprint density at radius 2 is 1.39 bits per heavy atom. The Bertz CT molecular complexity index is 1600. The molecule has 2 aromatic carbocycles. The van der Waals surface area contributed by atoms with Gasteiger partial charge in [-0.25, -0.2) is 0 Å². The largest absolute Gasteiger partial charge is 0.442 e. The summed E-state index contributed by atoms with van der Waals surface area (Å²) in [5, 5.41) is 25.3. The smallest absolute Gasteiger partial charge is 0.382 e. The number of nitrogens with two attached hydrogens (primary N) is 1. The molecule has 19 heteroatoms. The van der Waals surface area contributed by atoms with Crippen LogP contribution in [-0.4, -0.2) is 77.3 Å². The SMILES string of the molecule is CC(NC(=O)C(Cc1ccccc1)NC(=O)C(NC(=O)c1ccc(C2(C(F)(F)F)N=N2)cc1)C(C)C)C(=O)NC(CCC(N)=O)C(O)C(F)(F)F. The molecule has 0 radical (unpaired) electrons. The van der Waals surface area contributed by atoms with E-state index in [2.05, 4.69) is 26.2 Å². The molecule has 13 nitrogen and oxygen atoms in total. The fourth-order valence-electron chi connectivity index (χ4n) is 4.90. The van der Waals surface area contributed by atoms with Gasteiger partial charge in [-0.15, -0.1) is 10.2 Å². The van der Waals surface area contributed by atoms with Crippen molar-refractivity contribution in [3.05, 3.63) is 71.3 Å². The molecule has 5 atom stereocenters.